The highest BCUT2D eigenvalue weighted by atomic mass is 32.1. The molecule has 1 heterocycles. The lowest BCUT2D eigenvalue weighted by molar-refractivity contribution is -0.121. The lowest BCUT2D eigenvalue weighted by atomic mass is 10.2. The van der Waals surface area contributed by atoms with E-state index in [0.717, 1.165) is 13.0 Å². The molecule has 19 heavy (non-hydrogen) atoms. The zero-order valence-corrected chi connectivity index (χ0v) is 12.7. The first-order valence-corrected chi connectivity index (χ1v) is 8.07. The highest BCUT2D eigenvalue weighted by molar-refractivity contribution is 7.12. The first-order chi connectivity index (χ1) is 9.15. The number of fused-ring (bicyclic) bond motifs is 1. The molecular formula is C15H24N2OS. The summed E-state index contributed by atoms with van der Waals surface area (Å²) < 4.78 is 0. The fourth-order valence-corrected chi connectivity index (χ4v) is 3.59. The van der Waals surface area contributed by atoms with Crippen LogP contribution in [0, 0.1) is 0 Å². The number of hydrogen-bond donors (Lipinski definition) is 2. The maximum absolute atomic E-state index is 11.7. The minimum Gasteiger partial charge on any atom is -0.351 e. The summed E-state index contributed by atoms with van der Waals surface area (Å²) in [4.78, 5) is 14.5. The van der Waals surface area contributed by atoms with Gasteiger partial charge in [0.2, 0.25) is 5.91 Å². The molecule has 0 fully saturated rings. The van der Waals surface area contributed by atoms with Gasteiger partial charge in [-0.05, 0) is 43.9 Å². The predicted molar refractivity (Wildman–Crippen MR) is 80.6 cm³/mol. The standard InChI is InChI=1S/C15H24N2OS/c1-11(2)16-8-4-7-15(18)17-10-13-9-12-5-3-6-14(12)19-13/h9,11,16H,3-8,10H2,1-2H3,(H,17,18). The molecule has 0 aromatic carbocycles. The minimum atomic E-state index is 0.166. The molecule has 1 aromatic heterocycles. The van der Waals surface area contributed by atoms with Crippen LogP contribution in [0.15, 0.2) is 6.07 Å². The monoisotopic (exact) mass is 280 g/mol. The third-order valence-corrected chi connectivity index (χ3v) is 4.63. The lowest BCUT2D eigenvalue weighted by Gasteiger charge is -2.07. The number of nitrogens with one attached hydrogen (secondary N) is 2. The van der Waals surface area contributed by atoms with E-state index in [1.807, 2.05) is 11.3 Å². The van der Waals surface area contributed by atoms with Crippen LogP contribution in [-0.4, -0.2) is 18.5 Å². The molecule has 1 aliphatic rings. The van der Waals surface area contributed by atoms with Crippen LogP contribution in [0.1, 0.15) is 48.4 Å². The molecule has 1 amide bonds. The van der Waals surface area contributed by atoms with Crippen LogP contribution < -0.4 is 10.6 Å². The number of aryl methyl sites for hydroxylation is 2. The van der Waals surface area contributed by atoms with Gasteiger partial charge in [-0.15, -0.1) is 11.3 Å². The van der Waals surface area contributed by atoms with Gasteiger partial charge >= 0.3 is 0 Å². The third-order valence-electron chi connectivity index (χ3n) is 3.39. The topological polar surface area (TPSA) is 41.1 Å². The van der Waals surface area contributed by atoms with Crippen LogP contribution in [0.4, 0.5) is 0 Å². The summed E-state index contributed by atoms with van der Waals surface area (Å²) in [5.74, 6) is 0.166. The Morgan fingerprint density at radius 1 is 1.42 bits per heavy atom. The number of hydrogen-bond acceptors (Lipinski definition) is 3. The summed E-state index contributed by atoms with van der Waals surface area (Å²) in [6, 6.07) is 2.77. The number of carbonyl (C=O) groups excluding carboxylic acids is 1. The van der Waals surface area contributed by atoms with E-state index in [4.69, 9.17) is 0 Å². The van der Waals surface area contributed by atoms with Crippen molar-refractivity contribution in [1.29, 1.82) is 0 Å². The zero-order chi connectivity index (χ0) is 13.7. The highest BCUT2D eigenvalue weighted by Crippen LogP contribution is 2.30. The van der Waals surface area contributed by atoms with Crippen molar-refractivity contribution in [3.05, 3.63) is 21.4 Å². The molecule has 0 saturated heterocycles. The summed E-state index contributed by atoms with van der Waals surface area (Å²) in [5, 5.41) is 6.34. The molecule has 0 radical (unpaired) electrons. The van der Waals surface area contributed by atoms with Crippen molar-refractivity contribution in [3.63, 3.8) is 0 Å². The van der Waals surface area contributed by atoms with Crippen LogP contribution in [0.25, 0.3) is 0 Å². The summed E-state index contributed by atoms with van der Waals surface area (Å²) >= 11 is 1.87. The van der Waals surface area contributed by atoms with Gasteiger partial charge in [-0.2, -0.15) is 0 Å². The average molecular weight is 280 g/mol. The van der Waals surface area contributed by atoms with Gasteiger partial charge < -0.3 is 10.6 Å². The maximum Gasteiger partial charge on any atom is 0.220 e. The van der Waals surface area contributed by atoms with E-state index in [1.165, 1.54) is 34.6 Å². The average Bonchev–Trinajstić information content (AvgIpc) is 2.92. The summed E-state index contributed by atoms with van der Waals surface area (Å²) in [7, 11) is 0. The van der Waals surface area contributed by atoms with Crippen LogP contribution in [0.5, 0.6) is 0 Å². The van der Waals surface area contributed by atoms with Gasteiger partial charge in [0.15, 0.2) is 0 Å². The largest absolute Gasteiger partial charge is 0.351 e. The normalized spacial score (nSPS) is 13.8. The minimum absolute atomic E-state index is 0.166. The quantitative estimate of drug-likeness (QED) is 0.754. The van der Waals surface area contributed by atoms with Gasteiger partial charge in [-0.25, -0.2) is 0 Å². The fourth-order valence-electron chi connectivity index (χ4n) is 2.39. The van der Waals surface area contributed by atoms with Crippen LogP contribution >= 0.6 is 11.3 Å². The summed E-state index contributed by atoms with van der Waals surface area (Å²) in [6.07, 6.45) is 5.28. The molecule has 0 saturated carbocycles. The van der Waals surface area contributed by atoms with Gasteiger partial charge in [0.05, 0.1) is 6.54 Å². The van der Waals surface area contributed by atoms with E-state index in [2.05, 4.69) is 30.5 Å². The van der Waals surface area contributed by atoms with Crippen molar-refractivity contribution in [1.82, 2.24) is 10.6 Å². The van der Waals surface area contributed by atoms with Crippen molar-refractivity contribution >= 4 is 17.2 Å². The first-order valence-electron chi connectivity index (χ1n) is 7.25. The first kappa shape index (κ1) is 14.5. The molecular weight excluding hydrogens is 256 g/mol. The maximum atomic E-state index is 11.7. The van der Waals surface area contributed by atoms with Crippen LogP contribution in [-0.2, 0) is 24.2 Å². The van der Waals surface area contributed by atoms with Crippen molar-refractivity contribution < 1.29 is 4.79 Å². The van der Waals surface area contributed by atoms with E-state index in [-0.39, 0.29) is 5.91 Å². The van der Waals surface area contributed by atoms with E-state index in [9.17, 15) is 4.79 Å². The number of thiophene rings is 1. The van der Waals surface area contributed by atoms with Crippen molar-refractivity contribution in [2.24, 2.45) is 0 Å². The molecule has 0 atom stereocenters. The number of amides is 1. The lowest BCUT2D eigenvalue weighted by Crippen LogP contribution is -2.26. The molecule has 0 bridgehead atoms. The molecule has 2 N–H and O–H groups in total. The van der Waals surface area contributed by atoms with Gasteiger partial charge in [-0.1, -0.05) is 13.8 Å². The van der Waals surface area contributed by atoms with Crippen LogP contribution in [0.3, 0.4) is 0 Å². The molecule has 0 unspecified atom stereocenters. The number of rotatable bonds is 7. The van der Waals surface area contributed by atoms with Crippen molar-refractivity contribution in [3.8, 4) is 0 Å². The Kier molecular flexibility index (Phi) is 5.40. The molecule has 2 rings (SSSR count). The second-order valence-electron chi connectivity index (χ2n) is 5.50. The molecule has 0 aliphatic heterocycles. The van der Waals surface area contributed by atoms with Gasteiger partial charge in [0.1, 0.15) is 0 Å². The summed E-state index contributed by atoms with van der Waals surface area (Å²) in [6.45, 7) is 5.86. The second-order valence-corrected chi connectivity index (χ2v) is 6.73. The Balaban J connectivity index is 1.63. The van der Waals surface area contributed by atoms with E-state index < -0.39 is 0 Å². The SMILES string of the molecule is CC(C)NCCCC(=O)NCc1cc2c(s1)CCC2. The summed E-state index contributed by atoms with van der Waals surface area (Å²) in [5.41, 5.74) is 1.51. The number of carbonyl (C=O) groups is 1. The van der Waals surface area contributed by atoms with E-state index in [0.29, 0.717) is 19.0 Å². The predicted octanol–water partition coefficient (Wildman–Crippen LogP) is 2.63. The zero-order valence-electron chi connectivity index (χ0n) is 11.9. The Bertz CT molecular complexity index is 404. The fraction of sp³-hybridized carbons (Fsp3) is 0.667. The van der Waals surface area contributed by atoms with Crippen LogP contribution in [0.2, 0.25) is 0 Å². The molecule has 4 heteroatoms. The Morgan fingerprint density at radius 3 is 3.00 bits per heavy atom. The second kappa shape index (κ2) is 7.06. The van der Waals surface area contributed by atoms with Crippen molar-refractivity contribution in [2.75, 3.05) is 6.54 Å². The molecule has 106 valence electrons. The smallest absolute Gasteiger partial charge is 0.220 e. The van der Waals surface area contributed by atoms with Gasteiger partial charge in [0.25, 0.3) is 0 Å². The molecule has 0 spiro atoms. The van der Waals surface area contributed by atoms with E-state index >= 15 is 0 Å². The molecule has 1 aliphatic carbocycles. The van der Waals surface area contributed by atoms with Crippen molar-refractivity contribution in [2.45, 2.75) is 58.5 Å². The third kappa shape index (κ3) is 4.62. The van der Waals surface area contributed by atoms with Gasteiger partial charge in [0, 0.05) is 22.2 Å². The Hall–Kier alpha value is -0.870. The highest BCUT2D eigenvalue weighted by Gasteiger charge is 2.14. The Labute approximate surface area is 119 Å². The van der Waals surface area contributed by atoms with E-state index in [1.54, 1.807) is 0 Å². The Morgan fingerprint density at radius 2 is 2.26 bits per heavy atom. The van der Waals surface area contributed by atoms with Gasteiger partial charge in [-0.3, -0.25) is 4.79 Å². The molecule has 1 aromatic rings. The molecule has 3 nitrogen and oxygen atoms in total.